The van der Waals surface area contributed by atoms with Crippen molar-refractivity contribution in [2.24, 2.45) is 5.73 Å². The average Bonchev–Trinajstić information content (AvgIpc) is 2.37. The Morgan fingerprint density at radius 1 is 1.35 bits per heavy atom. The van der Waals surface area contributed by atoms with Crippen LogP contribution in [0.3, 0.4) is 0 Å². The summed E-state index contributed by atoms with van der Waals surface area (Å²) in [6.07, 6.45) is 0. The van der Waals surface area contributed by atoms with Gasteiger partial charge in [-0.3, -0.25) is 4.79 Å². The lowest BCUT2D eigenvalue weighted by Gasteiger charge is -2.19. The fourth-order valence-corrected chi connectivity index (χ4v) is 2.32. The van der Waals surface area contributed by atoms with E-state index >= 15 is 0 Å². The molecule has 0 aromatic heterocycles. The summed E-state index contributed by atoms with van der Waals surface area (Å²) in [5.74, 6) is 1.00. The molecule has 0 amide bonds. The van der Waals surface area contributed by atoms with Crippen LogP contribution in [0.5, 0.6) is 5.75 Å². The molecule has 0 saturated carbocycles. The van der Waals surface area contributed by atoms with Gasteiger partial charge >= 0.3 is 5.97 Å². The van der Waals surface area contributed by atoms with Gasteiger partial charge in [0, 0.05) is 11.5 Å². The lowest BCUT2D eigenvalue weighted by molar-refractivity contribution is -0.137. The molecular formula is C15H23NO3S. The molecule has 0 bridgehead atoms. The Balaban J connectivity index is 2.28. The van der Waals surface area contributed by atoms with Gasteiger partial charge in [0.15, 0.2) is 0 Å². The van der Waals surface area contributed by atoms with Crippen LogP contribution in [-0.2, 0) is 10.2 Å². The van der Waals surface area contributed by atoms with E-state index in [1.807, 2.05) is 12.1 Å². The largest absolute Gasteiger partial charge is 0.493 e. The Bertz CT molecular complexity index is 426. The highest BCUT2D eigenvalue weighted by Crippen LogP contribution is 2.24. The molecule has 1 unspecified atom stereocenters. The topological polar surface area (TPSA) is 72.5 Å². The number of rotatable bonds is 7. The SMILES string of the molecule is CC(C)(C)c1ccc(OCCSCC(N)C(=O)O)cc1. The van der Waals surface area contributed by atoms with Crippen LogP contribution < -0.4 is 10.5 Å². The first-order valence-electron chi connectivity index (χ1n) is 6.60. The van der Waals surface area contributed by atoms with Gasteiger partial charge in [0.25, 0.3) is 0 Å². The number of benzene rings is 1. The molecule has 4 nitrogen and oxygen atoms in total. The second-order valence-corrected chi connectivity index (χ2v) is 6.79. The molecule has 0 spiro atoms. The lowest BCUT2D eigenvalue weighted by Crippen LogP contribution is -2.32. The summed E-state index contributed by atoms with van der Waals surface area (Å²) in [5.41, 5.74) is 6.82. The fraction of sp³-hybridized carbons (Fsp3) is 0.533. The van der Waals surface area contributed by atoms with Crippen molar-refractivity contribution in [2.45, 2.75) is 32.2 Å². The molecule has 5 heteroatoms. The van der Waals surface area contributed by atoms with E-state index in [2.05, 4.69) is 32.9 Å². The van der Waals surface area contributed by atoms with Crippen LogP contribution in [0, 0.1) is 0 Å². The first-order chi connectivity index (χ1) is 9.30. The lowest BCUT2D eigenvalue weighted by atomic mass is 9.87. The van der Waals surface area contributed by atoms with Crippen molar-refractivity contribution in [1.82, 2.24) is 0 Å². The Labute approximate surface area is 124 Å². The summed E-state index contributed by atoms with van der Waals surface area (Å²) in [6, 6.07) is 7.28. The van der Waals surface area contributed by atoms with E-state index in [0.29, 0.717) is 12.4 Å². The van der Waals surface area contributed by atoms with Gasteiger partial charge in [0.05, 0.1) is 6.61 Å². The van der Waals surface area contributed by atoms with Gasteiger partial charge in [-0.15, -0.1) is 0 Å². The molecule has 0 saturated heterocycles. The van der Waals surface area contributed by atoms with E-state index in [1.165, 1.54) is 17.3 Å². The summed E-state index contributed by atoms with van der Waals surface area (Å²) in [4.78, 5) is 10.5. The fourth-order valence-electron chi connectivity index (χ4n) is 1.55. The number of aliphatic carboxylic acids is 1. The molecule has 112 valence electrons. The number of ether oxygens (including phenoxy) is 1. The molecule has 0 aliphatic heterocycles. The van der Waals surface area contributed by atoms with Crippen LogP contribution in [0.4, 0.5) is 0 Å². The predicted molar refractivity (Wildman–Crippen MR) is 83.6 cm³/mol. The Morgan fingerprint density at radius 3 is 2.45 bits per heavy atom. The minimum absolute atomic E-state index is 0.140. The van der Waals surface area contributed by atoms with Gasteiger partial charge in [-0.1, -0.05) is 32.9 Å². The zero-order valence-corrected chi connectivity index (χ0v) is 13.1. The Hall–Kier alpha value is -1.20. The smallest absolute Gasteiger partial charge is 0.321 e. The van der Waals surface area contributed by atoms with E-state index in [-0.39, 0.29) is 5.41 Å². The zero-order chi connectivity index (χ0) is 15.2. The number of hydrogen-bond donors (Lipinski definition) is 2. The molecule has 0 heterocycles. The first kappa shape index (κ1) is 16.9. The van der Waals surface area contributed by atoms with E-state index in [9.17, 15) is 4.79 Å². The van der Waals surface area contributed by atoms with Crippen molar-refractivity contribution >= 4 is 17.7 Å². The second-order valence-electron chi connectivity index (χ2n) is 5.64. The highest BCUT2D eigenvalue weighted by molar-refractivity contribution is 7.99. The van der Waals surface area contributed by atoms with E-state index in [0.717, 1.165) is 11.5 Å². The number of carboxylic acids is 1. The quantitative estimate of drug-likeness (QED) is 0.757. The third-order valence-corrected chi connectivity index (χ3v) is 3.88. The van der Waals surface area contributed by atoms with Crippen molar-refractivity contribution in [3.63, 3.8) is 0 Å². The molecule has 3 N–H and O–H groups in total. The second kappa shape index (κ2) is 7.55. The van der Waals surface area contributed by atoms with E-state index < -0.39 is 12.0 Å². The molecule has 0 radical (unpaired) electrons. The standard InChI is InChI=1S/C15H23NO3S/c1-15(2,3)11-4-6-12(7-5-11)19-8-9-20-10-13(16)14(17)18/h4-7,13H,8-10,16H2,1-3H3,(H,17,18). The number of hydrogen-bond acceptors (Lipinski definition) is 4. The molecule has 1 aromatic carbocycles. The number of thioether (sulfide) groups is 1. The van der Waals surface area contributed by atoms with Gasteiger partial charge in [0.2, 0.25) is 0 Å². The van der Waals surface area contributed by atoms with Crippen molar-refractivity contribution < 1.29 is 14.6 Å². The molecular weight excluding hydrogens is 274 g/mol. The summed E-state index contributed by atoms with van der Waals surface area (Å²) in [5, 5.41) is 8.64. The molecule has 0 aliphatic carbocycles. The maximum absolute atomic E-state index is 10.5. The Kier molecular flexibility index (Phi) is 6.36. The van der Waals surface area contributed by atoms with Crippen LogP contribution in [0.25, 0.3) is 0 Å². The first-order valence-corrected chi connectivity index (χ1v) is 7.75. The van der Waals surface area contributed by atoms with Crippen LogP contribution in [0.15, 0.2) is 24.3 Å². The molecule has 0 fully saturated rings. The predicted octanol–water partition coefficient (Wildman–Crippen LogP) is 2.51. The minimum atomic E-state index is -0.962. The van der Waals surface area contributed by atoms with Crippen LogP contribution >= 0.6 is 11.8 Å². The normalized spacial score (nSPS) is 13.0. The summed E-state index contributed by atoms with van der Waals surface area (Å²) >= 11 is 1.49. The minimum Gasteiger partial charge on any atom is -0.493 e. The molecule has 0 aliphatic rings. The van der Waals surface area contributed by atoms with Crippen LogP contribution in [-0.4, -0.2) is 35.2 Å². The van der Waals surface area contributed by atoms with E-state index in [1.54, 1.807) is 0 Å². The van der Waals surface area contributed by atoms with Gasteiger partial charge in [-0.25, -0.2) is 0 Å². The Morgan fingerprint density at radius 2 is 1.95 bits per heavy atom. The summed E-state index contributed by atoms with van der Waals surface area (Å²) < 4.78 is 5.61. The number of carboxylic acid groups (broad SMARTS) is 1. The zero-order valence-electron chi connectivity index (χ0n) is 12.3. The van der Waals surface area contributed by atoms with Crippen molar-refractivity contribution in [3.8, 4) is 5.75 Å². The van der Waals surface area contributed by atoms with Gasteiger partial charge < -0.3 is 15.6 Å². The summed E-state index contributed by atoms with van der Waals surface area (Å²) in [6.45, 7) is 7.06. The van der Waals surface area contributed by atoms with Crippen LogP contribution in [0.1, 0.15) is 26.3 Å². The monoisotopic (exact) mass is 297 g/mol. The van der Waals surface area contributed by atoms with Crippen molar-refractivity contribution in [2.75, 3.05) is 18.1 Å². The van der Waals surface area contributed by atoms with Gasteiger partial charge in [-0.2, -0.15) is 11.8 Å². The van der Waals surface area contributed by atoms with E-state index in [4.69, 9.17) is 15.6 Å². The number of nitrogens with two attached hydrogens (primary N) is 1. The molecule has 1 rings (SSSR count). The molecule has 1 atom stereocenters. The van der Waals surface area contributed by atoms with Crippen molar-refractivity contribution in [1.29, 1.82) is 0 Å². The van der Waals surface area contributed by atoms with Crippen molar-refractivity contribution in [3.05, 3.63) is 29.8 Å². The van der Waals surface area contributed by atoms with Gasteiger partial charge in [-0.05, 0) is 23.1 Å². The molecule has 1 aromatic rings. The third kappa shape index (κ3) is 5.84. The average molecular weight is 297 g/mol. The maximum Gasteiger partial charge on any atom is 0.321 e. The van der Waals surface area contributed by atoms with Gasteiger partial charge in [0.1, 0.15) is 11.8 Å². The van der Waals surface area contributed by atoms with Crippen LogP contribution in [0.2, 0.25) is 0 Å². The summed E-state index contributed by atoms with van der Waals surface area (Å²) in [7, 11) is 0. The molecule has 20 heavy (non-hydrogen) atoms. The third-order valence-electron chi connectivity index (χ3n) is 2.83. The highest BCUT2D eigenvalue weighted by Gasteiger charge is 2.13. The highest BCUT2D eigenvalue weighted by atomic mass is 32.2. The number of carbonyl (C=O) groups is 1. The maximum atomic E-state index is 10.5.